The van der Waals surface area contributed by atoms with Gasteiger partial charge in [0.05, 0.1) is 6.04 Å². The van der Waals surface area contributed by atoms with Crippen LogP contribution in [0.25, 0.3) is 0 Å². The van der Waals surface area contributed by atoms with Crippen LogP contribution in [0.15, 0.2) is 60.7 Å². The normalized spacial score (nSPS) is 20.6. The van der Waals surface area contributed by atoms with Crippen molar-refractivity contribution in [2.75, 3.05) is 13.2 Å². The molecule has 9 nitrogen and oxygen atoms in total. The lowest BCUT2D eigenvalue weighted by Crippen LogP contribution is -2.71. The Morgan fingerprint density at radius 3 is 2.40 bits per heavy atom. The Kier molecular flexibility index (Phi) is 7.64. The zero-order valence-electron chi connectivity index (χ0n) is 19.6. The van der Waals surface area contributed by atoms with Crippen LogP contribution in [0.1, 0.15) is 31.7 Å². The van der Waals surface area contributed by atoms with Gasteiger partial charge < -0.3 is 24.6 Å². The summed E-state index contributed by atoms with van der Waals surface area (Å²) in [6.07, 6.45) is 0.649. The molecule has 4 rings (SSSR count). The van der Waals surface area contributed by atoms with Crippen LogP contribution in [0.5, 0.6) is 5.75 Å². The SMILES string of the molecule is CCCCC(=O)N1CC2[C@H](NC(=O)COc3ccccc3)C(=O)N2C1C(=O)OCc1ccccc1. The summed E-state index contributed by atoms with van der Waals surface area (Å²) in [6, 6.07) is 16.7. The van der Waals surface area contributed by atoms with Crippen molar-refractivity contribution in [3.63, 3.8) is 0 Å². The number of carbonyl (C=O) groups excluding carboxylic acids is 4. The smallest absolute Gasteiger partial charge is 0.350 e. The van der Waals surface area contributed by atoms with Gasteiger partial charge in [0.2, 0.25) is 18.0 Å². The number of amides is 3. The van der Waals surface area contributed by atoms with Crippen LogP contribution in [0.2, 0.25) is 0 Å². The van der Waals surface area contributed by atoms with E-state index in [2.05, 4.69) is 5.32 Å². The Bertz CT molecular complexity index is 1060. The molecule has 2 saturated heterocycles. The molecular weight excluding hydrogens is 450 g/mol. The highest BCUT2D eigenvalue weighted by Crippen LogP contribution is 2.34. The van der Waals surface area contributed by atoms with E-state index in [9.17, 15) is 19.2 Å². The van der Waals surface area contributed by atoms with Crippen molar-refractivity contribution in [1.82, 2.24) is 15.1 Å². The Hall–Kier alpha value is -3.88. The number of fused-ring (bicyclic) bond motifs is 1. The summed E-state index contributed by atoms with van der Waals surface area (Å²) < 4.78 is 10.9. The summed E-state index contributed by atoms with van der Waals surface area (Å²) in [5.41, 5.74) is 0.803. The molecule has 35 heavy (non-hydrogen) atoms. The third-order valence-electron chi connectivity index (χ3n) is 6.13. The number of β-lactam (4-membered cyclic amide) rings is 1. The Morgan fingerprint density at radius 2 is 1.71 bits per heavy atom. The van der Waals surface area contributed by atoms with Crippen molar-refractivity contribution in [1.29, 1.82) is 0 Å². The highest BCUT2D eigenvalue weighted by atomic mass is 16.5. The molecule has 3 amide bonds. The van der Waals surface area contributed by atoms with E-state index in [1.807, 2.05) is 43.3 Å². The maximum absolute atomic E-state index is 13.0. The number of esters is 1. The summed E-state index contributed by atoms with van der Waals surface area (Å²) in [5.74, 6) is -1.21. The standard InChI is InChI=1S/C26H29N3O6/c1-2-3-14-22(31)28-15-20-23(27-21(30)17-34-19-12-8-5-9-13-19)25(32)29(20)24(28)26(33)35-16-18-10-6-4-7-11-18/h4-13,20,23-24H,2-3,14-17H2,1H3,(H,27,30)/t20?,23-,24?/m0/s1. The minimum Gasteiger partial charge on any atom is -0.484 e. The predicted octanol–water partition coefficient (Wildman–Crippen LogP) is 1.86. The molecule has 184 valence electrons. The monoisotopic (exact) mass is 479 g/mol. The third-order valence-corrected chi connectivity index (χ3v) is 6.13. The number of ether oxygens (including phenoxy) is 2. The summed E-state index contributed by atoms with van der Waals surface area (Å²) in [5, 5.41) is 2.68. The highest BCUT2D eigenvalue weighted by Gasteiger charge is 2.61. The van der Waals surface area contributed by atoms with E-state index in [1.54, 1.807) is 24.3 Å². The molecule has 0 radical (unpaired) electrons. The number of unbranched alkanes of at least 4 members (excludes halogenated alkanes) is 1. The highest BCUT2D eigenvalue weighted by molar-refractivity contribution is 5.99. The second-order valence-electron chi connectivity index (χ2n) is 8.58. The maximum atomic E-state index is 13.0. The van der Waals surface area contributed by atoms with Gasteiger partial charge in [-0.3, -0.25) is 14.4 Å². The zero-order chi connectivity index (χ0) is 24.8. The Labute approximate surface area is 204 Å². The number of carbonyl (C=O) groups is 4. The van der Waals surface area contributed by atoms with Gasteiger partial charge in [-0.05, 0) is 24.1 Å². The predicted molar refractivity (Wildman–Crippen MR) is 126 cm³/mol. The average molecular weight is 480 g/mol. The van der Waals surface area contributed by atoms with E-state index in [0.29, 0.717) is 12.2 Å². The molecule has 0 spiro atoms. The van der Waals surface area contributed by atoms with Crippen molar-refractivity contribution in [2.45, 2.75) is 51.0 Å². The van der Waals surface area contributed by atoms with E-state index in [1.165, 1.54) is 9.80 Å². The van der Waals surface area contributed by atoms with Gasteiger partial charge >= 0.3 is 5.97 Å². The van der Waals surface area contributed by atoms with Crippen molar-refractivity contribution < 1.29 is 28.7 Å². The first kappa shape index (κ1) is 24.3. The van der Waals surface area contributed by atoms with E-state index in [-0.39, 0.29) is 32.1 Å². The van der Waals surface area contributed by atoms with Gasteiger partial charge in [-0.2, -0.15) is 0 Å². The van der Waals surface area contributed by atoms with E-state index >= 15 is 0 Å². The molecule has 3 atom stereocenters. The minimum absolute atomic E-state index is 0.0385. The fourth-order valence-corrected chi connectivity index (χ4v) is 4.31. The first-order valence-electron chi connectivity index (χ1n) is 11.8. The fourth-order valence-electron chi connectivity index (χ4n) is 4.31. The van der Waals surface area contributed by atoms with E-state index in [4.69, 9.17) is 9.47 Å². The number of hydrogen-bond acceptors (Lipinski definition) is 6. The van der Waals surface area contributed by atoms with Crippen LogP contribution < -0.4 is 10.1 Å². The lowest BCUT2D eigenvalue weighted by molar-refractivity contribution is -0.170. The lowest BCUT2D eigenvalue weighted by atomic mass is 9.96. The van der Waals surface area contributed by atoms with Crippen molar-refractivity contribution in [3.8, 4) is 5.75 Å². The molecule has 1 N–H and O–H groups in total. The van der Waals surface area contributed by atoms with Crippen LogP contribution in [0.4, 0.5) is 0 Å². The first-order chi connectivity index (χ1) is 17.0. The maximum Gasteiger partial charge on any atom is 0.350 e. The number of hydrogen-bond donors (Lipinski definition) is 1. The minimum atomic E-state index is -1.13. The second-order valence-corrected chi connectivity index (χ2v) is 8.58. The molecule has 2 heterocycles. The van der Waals surface area contributed by atoms with Crippen LogP contribution in [0, 0.1) is 0 Å². The molecule has 0 aromatic heterocycles. The van der Waals surface area contributed by atoms with Crippen LogP contribution >= 0.6 is 0 Å². The van der Waals surface area contributed by atoms with Gasteiger partial charge in [-0.25, -0.2) is 4.79 Å². The summed E-state index contributed by atoms with van der Waals surface area (Å²) >= 11 is 0. The van der Waals surface area contributed by atoms with E-state index in [0.717, 1.165) is 12.0 Å². The Morgan fingerprint density at radius 1 is 1.03 bits per heavy atom. The zero-order valence-corrected chi connectivity index (χ0v) is 19.6. The van der Waals surface area contributed by atoms with Gasteiger partial charge in [0.1, 0.15) is 18.4 Å². The Balaban J connectivity index is 1.40. The number of nitrogens with zero attached hydrogens (tertiary/aromatic N) is 2. The lowest BCUT2D eigenvalue weighted by Gasteiger charge is -2.43. The number of rotatable bonds is 10. The molecular formula is C26H29N3O6. The van der Waals surface area contributed by atoms with Gasteiger partial charge in [0, 0.05) is 13.0 Å². The average Bonchev–Trinajstić information content (AvgIpc) is 3.25. The quantitative estimate of drug-likeness (QED) is 0.412. The molecule has 2 aliphatic heterocycles. The van der Waals surface area contributed by atoms with Gasteiger partial charge in [0.15, 0.2) is 6.61 Å². The summed E-state index contributed by atoms with van der Waals surface area (Å²) in [4.78, 5) is 54.0. The molecule has 2 fully saturated rings. The molecule has 2 aromatic carbocycles. The molecule has 2 aromatic rings. The fraction of sp³-hybridized carbons (Fsp3) is 0.385. The largest absolute Gasteiger partial charge is 0.484 e. The second kappa shape index (κ2) is 11.0. The van der Waals surface area contributed by atoms with Gasteiger partial charge in [0.25, 0.3) is 5.91 Å². The van der Waals surface area contributed by atoms with Gasteiger partial charge in [-0.15, -0.1) is 0 Å². The van der Waals surface area contributed by atoms with Gasteiger partial charge in [-0.1, -0.05) is 61.9 Å². The summed E-state index contributed by atoms with van der Waals surface area (Å²) in [7, 11) is 0. The molecule has 2 unspecified atom stereocenters. The number of para-hydroxylation sites is 1. The van der Waals surface area contributed by atoms with Crippen LogP contribution in [0.3, 0.4) is 0 Å². The third kappa shape index (κ3) is 5.45. The molecule has 0 aliphatic carbocycles. The number of benzene rings is 2. The summed E-state index contributed by atoms with van der Waals surface area (Å²) in [6.45, 7) is 1.92. The van der Waals surface area contributed by atoms with Crippen LogP contribution in [-0.2, 0) is 30.5 Å². The van der Waals surface area contributed by atoms with Crippen molar-refractivity contribution >= 4 is 23.7 Å². The molecule has 2 aliphatic rings. The number of nitrogens with one attached hydrogen (secondary N) is 1. The first-order valence-corrected chi connectivity index (χ1v) is 11.8. The topological polar surface area (TPSA) is 105 Å². The van der Waals surface area contributed by atoms with Crippen molar-refractivity contribution in [2.24, 2.45) is 0 Å². The van der Waals surface area contributed by atoms with Crippen LogP contribution in [-0.4, -0.2) is 64.9 Å². The van der Waals surface area contributed by atoms with E-state index < -0.39 is 36.0 Å². The molecule has 0 saturated carbocycles. The van der Waals surface area contributed by atoms with Crippen molar-refractivity contribution in [3.05, 3.63) is 66.2 Å². The molecule has 9 heteroatoms. The molecule has 0 bridgehead atoms.